The van der Waals surface area contributed by atoms with Crippen LogP contribution in [0.15, 0.2) is 5.51 Å². The summed E-state index contributed by atoms with van der Waals surface area (Å²) < 4.78 is 0. The molecule has 0 saturated carbocycles. The van der Waals surface area contributed by atoms with Gasteiger partial charge in [0.15, 0.2) is 0 Å². The lowest BCUT2D eigenvalue weighted by atomic mass is 10.2. The Hall–Kier alpha value is -0.450. The Labute approximate surface area is 95.5 Å². The van der Waals surface area contributed by atoms with Crippen LogP contribution in [0.2, 0.25) is 0 Å². The maximum absolute atomic E-state index is 4.30. The van der Waals surface area contributed by atoms with Crippen LogP contribution in [0.25, 0.3) is 0 Å². The second-order valence-electron chi connectivity index (χ2n) is 4.44. The fourth-order valence-corrected chi connectivity index (χ4v) is 3.05. The standard InChI is InChI=1S/C11H19N3S/c1-8-11(15-7-12-8)9(2)13-10-4-5-14(3)6-10/h7,9-10,13H,4-6H2,1-3H3. The quantitative estimate of drug-likeness (QED) is 0.850. The molecule has 2 atom stereocenters. The van der Waals surface area contributed by atoms with Gasteiger partial charge >= 0.3 is 0 Å². The van der Waals surface area contributed by atoms with E-state index in [0.717, 1.165) is 0 Å². The first kappa shape index (κ1) is 11.0. The molecule has 15 heavy (non-hydrogen) atoms. The molecule has 2 heterocycles. The summed E-state index contributed by atoms with van der Waals surface area (Å²) in [4.78, 5) is 8.05. The van der Waals surface area contributed by atoms with E-state index in [-0.39, 0.29) is 0 Å². The van der Waals surface area contributed by atoms with Crippen LogP contribution in [0, 0.1) is 6.92 Å². The molecule has 1 saturated heterocycles. The van der Waals surface area contributed by atoms with Gasteiger partial charge in [0.25, 0.3) is 0 Å². The Morgan fingerprint density at radius 1 is 1.67 bits per heavy atom. The molecule has 2 unspecified atom stereocenters. The minimum atomic E-state index is 0.439. The van der Waals surface area contributed by atoms with Crippen LogP contribution in [-0.4, -0.2) is 36.1 Å². The molecule has 1 aromatic rings. The van der Waals surface area contributed by atoms with Crippen molar-refractivity contribution in [2.75, 3.05) is 20.1 Å². The molecular formula is C11H19N3S. The van der Waals surface area contributed by atoms with Gasteiger partial charge in [-0.3, -0.25) is 0 Å². The molecule has 0 radical (unpaired) electrons. The largest absolute Gasteiger partial charge is 0.305 e. The molecule has 84 valence electrons. The Morgan fingerprint density at radius 3 is 3.00 bits per heavy atom. The first-order valence-corrected chi connectivity index (χ1v) is 6.39. The van der Waals surface area contributed by atoms with Gasteiger partial charge in [0, 0.05) is 23.5 Å². The molecular weight excluding hydrogens is 206 g/mol. The highest BCUT2D eigenvalue weighted by Gasteiger charge is 2.22. The summed E-state index contributed by atoms with van der Waals surface area (Å²) in [7, 11) is 2.18. The predicted octanol–water partition coefficient (Wildman–Crippen LogP) is 1.81. The summed E-state index contributed by atoms with van der Waals surface area (Å²) in [6.07, 6.45) is 1.26. The molecule has 2 rings (SSSR count). The molecule has 1 fully saturated rings. The van der Waals surface area contributed by atoms with E-state index in [0.29, 0.717) is 12.1 Å². The zero-order valence-corrected chi connectivity index (χ0v) is 10.5. The number of nitrogens with one attached hydrogen (secondary N) is 1. The maximum atomic E-state index is 4.30. The molecule has 0 aliphatic carbocycles. The summed E-state index contributed by atoms with van der Waals surface area (Å²) in [5.74, 6) is 0. The van der Waals surface area contributed by atoms with Crippen LogP contribution in [0.3, 0.4) is 0 Å². The lowest BCUT2D eigenvalue weighted by Gasteiger charge is -2.18. The van der Waals surface area contributed by atoms with Gasteiger partial charge in [-0.25, -0.2) is 4.98 Å². The van der Waals surface area contributed by atoms with Gasteiger partial charge in [-0.1, -0.05) is 0 Å². The van der Waals surface area contributed by atoms with Crippen molar-refractivity contribution >= 4 is 11.3 Å². The topological polar surface area (TPSA) is 28.2 Å². The summed E-state index contributed by atoms with van der Waals surface area (Å²) in [6.45, 7) is 6.71. The highest BCUT2D eigenvalue weighted by Crippen LogP contribution is 2.22. The Bertz CT molecular complexity index is 323. The van der Waals surface area contributed by atoms with Crippen LogP contribution in [0.1, 0.15) is 30.0 Å². The molecule has 0 spiro atoms. The average molecular weight is 225 g/mol. The van der Waals surface area contributed by atoms with Crippen molar-refractivity contribution in [1.29, 1.82) is 0 Å². The minimum Gasteiger partial charge on any atom is -0.305 e. The fourth-order valence-electron chi connectivity index (χ4n) is 2.23. The maximum Gasteiger partial charge on any atom is 0.0798 e. The van der Waals surface area contributed by atoms with Gasteiger partial charge in [-0.15, -0.1) is 11.3 Å². The zero-order valence-electron chi connectivity index (χ0n) is 9.66. The zero-order chi connectivity index (χ0) is 10.8. The van der Waals surface area contributed by atoms with Crippen LogP contribution in [0.4, 0.5) is 0 Å². The van der Waals surface area contributed by atoms with Crippen molar-refractivity contribution in [3.63, 3.8) is 0 Å². The van der Waals surface area contributed by atoms with Crippen molar-refractivity contribution in [2.24, 2.45) is 0 Å². The molecule has 1 aliphatic rings. The van der Waals surface area contributed by atoms with Crippen LogP contribution in [-0.2, 0) is 0 Å². The van der Waals surface area contributed by atoms with Gasteiger partial charge in [-0.05, 0) is 33.9 Å². The van der Waals surface area contributed by atoms with Gasteiger partial charge in [-0.2, -0.15) is 0 Å². The normalized spacial score (nSPS) is 24.6. The molecule has 3 nitrogen and oxygen atoms in total. The Kier molecular flexibility index (Phi) is 3.38. The van der Waals surface area contributed by atoms with E-state index >= 15 is 0 Å². The van der Waals surface area contributed by atoms with E-state index in [2.05, 4.69) is 36.1 Å². The summed E-state index contributed by atoms with van der Waals surface area (Å²) >= 11 is 1.75. The minimum absolute atomic E-state index is 0.439. The highest BCUT2D eigenvalue weighted by molar-refractivity contribution is 7.09. The number of hydrogen-bond acceptors (Lipinski definition) is 4. The second kappa shape index (κ2) is 4.60. The predicted molar refractivity (Wildman–Crippen MR) is 64.3 cm³/mol. The summed E-state index contributed by atoms with van der Waals surface area (Å²) in [6, 6.07) is 1.08. The second-order valence-corrected chi connectivity index (χ2v) is 5.32. The summed E-state index contributed by atoms with van der Waals surface area (Å²) in [5.41, 5.74) is 3.11. The Morgan fingerprint density at radius 2 is 2.47 bits per heavy atom. The van der Waals surface area contributed by atoms with Gasteiger partial charge < -0.3 is 10.2 Å². The van der Waals surface area contributed by atoms with Crippen molar-refractivity contribution in [2.45, 2.75) is 32.4 Å². The number of likely N-dealkylation sites (N-methyl/N-ethyl adjacent to an activating group) is 1. The van der Waals surface area contributed by atoms with Crippen LogP contribution in [0.5, 0.6) is 0 Å². The number of rotatable bonds is 3. The number of aryl methyl sites for hydroxylation is 1. The third kappa shape index (κ3) is 2.56. The highest BCUT2D eigenvalue weighted by atomic mass is 32.1. The van der Waals surface area contributed by atoms with Crippen LogP contribution < -0.4 is 5.32 Å². The van der Waals surface area contributed by atoms with E-state index in [1.807, 2.05) is 5.51 Å². The van der Waals surface area contributed by atoms with Crippen molar-refractivity contribution in [3.8, 4) is 0 Å². The first-order chi connectivity index (χ1) is 7.16. The average Bonchev–Trinajstić information content (AvgIpc) is 2.75. The van der Waals surface area contributed by atoms with Gasteiger partial charge in [0.05, 0.1) is 11.2 Å². The Balaban J connectivity index is 1.92. The molecule has 4 heteroatoms. The fraction of sp³-hybridized carbons (Fsp3) is 0.727. The number of hydrogen-bond donors (Lipinski definition) is 1. The van der Waals surface area contributed by atoms with Gasteiger partial charge in [0.1, 0.15) is 0 Å². The third-order valence-corrected chi connectivity index (χ3v) is 4.17. The van der Waals surface area contributed by atoms with E-state index in [1.165, 1.54) is 30.1 Å². The molecule has 1 aliphatic heterocycles. The lowest BCUT2D eigenvalue weighted by Crippen LogP contribution is -2.33. The number of aromatic nitrogens is 1. The molecule has 0 bridgehead atoms. The van der Waals surface area contributed by atoms with E-state index in [4.69, 9.17) is 0 Å². The van der Waals surface area contributed by atoms with Crippen molar-refractivity contribution < 1.29 is 0 Å². The smallest absolute Gasteiger partial charge is 0.0798 e. The molecule has 1 N–H and O–H groups in total. The monoisotopic (exact) mass is 225 g/mol. The van der Waals surface area contributed by atoms with E-state index < -0.39 is 0 Å². The number of nitrogens with zero attached hydrogens (tertiary/aromatic N) is 2. The third-order valence-electron chi connectivity index (χ3n) is 3.05. The molecule has 0 amide bonds. The summed E-state index contributed by atoms with van der Waals surface area (Å²) in [5, 5.41) is 3.68. The lowest BCUT2D eigenvalue weighted by molar-refractivity contribution is 0.388. The molecule has 1 aromatic heterocycles. The van der Waals surface area contributed by atoms with Gasteiger partial charge in [0.2, 0.25) is 0 Å². The number of likely N-dealkylation sites (tertiary alicyclic amines) is 1. The van der Waals surface area contributed by atoms with Crippen LogP contribution >= 0.6 is 11.3 Å². The van der Waals surface area contributed by atoms with Crippen molar-refractivity contribution in [3.05, 3.63) is 16.1 Å². The first-order valence-electron chi connectivity index (χ1n) is 5.51. The molecule has 0 aromatic carbocycles. The SMILES string of the molecule is Cc1ncsc1C(C)NC1CCN(C)C1. The number of thiazole rings is 1. The van der Waals surface area contributed by atoms with Crippen molar-refractivity contribution in [1.82, 2.24) is 15.2 Å². The van der Waals surface area contributed by atoms with E-state index in [1.54, 1.807) is 11.3 Å². The van der Waals surface area contributed by atoms with E-state index in [9.17, 15) is 0 Å².